The average Bonchev–Trinajstić information content (AvgIpc) is 2.24. The fourth-order valence-corrected chi connectivity index (χ4v) is 1.45. The van der Waals surface area contributed by atoms with Gasteiger partial charge in [-0.25, -0.2) is 0 Å². The van der Waals surface area contributed by atoms with Gasteiger partial charge in [0.2, 0.25) is 11.8 Å². The standard InChI is InChI=1S/C11H24N4O2/c1-8(2)9(11(13)17)7-10(16)15-6-5-14-4-3-12/h8-9,14H,3-7,12H2,1-2H3,(H2,13,17)(H,15,16). The Morgan fingerprint density at radius 2 is 1.82 bits per heavy atom. The molecule has 0 saturated heterocycles. The van der Waals surface area contributed by atoms with Gasteiger partial charge in [0.05, 0.1) is 0 Å². The molecule has 0 aliphatic heterocycles. The van der Waals surface area contributed by atoms with E-state index in [1.807, 2.05) is 13.8 Å². The van der Waals surface area contributed by atoms with Crippen LogP contribution in [-0.4, -0.2) is 38.0 Å². The van der Waals surface area contributed by atoms with Gasteiger partial charge in [0.25, 0.3) is 0 Å². The smallest absolute Gasteiger partial charge is 0.221 e. The van der Waals surface area contributed by atoms with E-state index in [0.29, 0.717) is 19.6 Å². The summed E-state index contributed by atoms with van der Waals surface area (Å²) in [5.41, 5.74) is 10.5. The number of nitrogens with one attached hydrogen (secondary N) is 2. The molecule has 6 heteroatoms. The van der Waals surface area contributed by atoms with Crippen LogP contribution in [0.5, 0.6) is 0 Å². The van der Waals surface area contributed by atoms with Gasteiger partial charge < -0.3 is 22.1 Å². The van der Waals surface area contributed by atoms with E-state index in [-0.39, 0.29) is 18.2 Å². The van der Waals surface area contributed by atoms with Crippen molar-refractivity contribution in [1.29, 1.82) is 0 Å². The Kier molecular flexibility index (Phi) is 8.35. The predicted octanol–water partition coefficient (Wildman–Crippen LogP) is -1.20. The van der Waals surface area contributed by atoms with Gasteiger partial charge in [-0.15, -0.1) is 0 Å². The Bertz CT molecular complexity index is 244. The molecule has 0 radical (unpaired) electrons. The summed E-state index contributed by atoms with van der Waals surface area (Å²) in [6.45, 7) is 6.27. The molecule has 100 valence electrons. The molecule has 2 amide bonds. The van der Waals surface area contributed by atoms with Crippen molar-refractivity contribution in [3.8, 4) is 0 Å². The van der Waals surface area contributed by atoms with Crippen molar-refractivity contribution in [3.63, 3.8) is 0 Å². The van der Waals surface area contributed by atoms with E-state index < -0.39 is 11.8 Å². The number of amides is 2. The lowest BCUT2D eigenvalue weighted by Crippen LogP contribution is -2.37. The molecule has 0 saturated carbocycles. The lowest BCUT2D eigenvalue weighted by Gasteiger charge is -2.16. The second kappa shape index (κ2) is 8.95. The van der Waals surface area contributed by atoms with Crippen molar-refractivity contribution in [2.45, 2.75) is 20.3 Å². The lowest BCUT2D eigenvalue weighted by atomic mass is 9.91. The quantitative estimate of drug-likeness (QED) is 0.382. The molecule has 0 fully saturated rings. The zero-order valence-electron chi connectivity index (χ0n) is 10.7. The first-order valence-electron chi connectivity index (χ1n) is 5.95. The summed E-state index contributed by atoms with van der Waals surface area (Å²) in [5, 5.41) is 5.79. The number of hydrogen-bond acceptors (Lipinski definition) is 4. The Morgan fingerprint density at radius 3 is 2.29 bits per heavy atom. The van der Waals surface area contributed by atoms with E-state index >= 15 is 0 Å². The van der Waals surface area contributed by atoms with Crippen LogP contribution in [0, 0.1) is 11.8 Å². The van der Waals surface area contributed by atoms with E-state index in [0.717, 1.165) is 6.54 Å². The summed E-state index contributed by atoms with van der Waals surface area (Å²) < 4.78 is 0. The highest BCUT2D eigenvalue weighted by Crippen LogP contribution is 2.14. The largest absolute Gasteiger partial charge is 0.369 e. The third-order valence-corrected chi connectivity index (χ3v) is 2.52. The number of carbonyl (C=O) groups excluding carboxylic acids is 2. The number of nitrogens with two attached hydrogens (primary N) is 2. The van der Waals surface area contributed by atoms with Crippen LogP contribution in [0.2, 0.25) is 0 Å². The Morgan fingerprint density at radius 1 is 1.18 bits per heavy atom. The van der Waals surface area contributed by atoms with E-state index in [4.69, 9.17) is 11.5 Å². The second-order valence-electron chi connectivity index (χ2n) is 4.35. The third-order valence-electron chi connectivity index (χ3n) is 2.52. The van der Waals surface area contributed by atoms with E-state index in [1.165, 1.54) is 0 Å². The Hall–Kier alpha value is -1.14. The minimum Gasteiger partial charge on any atom is -0.369 e. The highest BCUT2D eigenvalue weighted by atomic mass is 16.2. The molecule has 6 N–H and O–H groups in total. The minimum atomic E-state index is -0.420. The minimum absolute atomic E-state index is 0.0774. The van der Waals surface area contributed by atoms with Crippen LogP contribution < -0.4 is 22.1 Å². The molecular formula is C11H24N4O2. The first-order chi connectivity index (χ1) is 7.99. The van der Waals surface area contributed by atoms with Crippen LogP contribution in [0.1, 0.15) is 20.3 Å². The van der Waals surface area contributed by atoms with Gasteiger partial charge in [0, 0.05) is 38.5 Å². The molecule has 6 nitrogen and oxygen atoms in total. The molecule has 0 aliphatic carbocycles. The summed E-state index contributed by atoms with van der Waals surface area (Å²) >= 11 is 0. The monoisotopic (exact) mass is 244 g/mol. The Labute approximate surface area is 102 Å². The van der Waals surface area contributed by atoms with E-state index in [2.05, 4.69) is 10.6 Å². The molecule has 0 aromatic carbocycles. The van der Waals surface area contributed by atoms with Gasteiger partial charge in [-0.1, -0.05) is 13.8 Å². The van der Waals surface area contributed by atoms with Gasteiger partial charge in [0.1, 0.15) is 0 Å². The normalized spacial score (nSPS) is 12.5. The van der Waals surface area contributed by atoms with Crippen molar-refractivity contribution < 1.29 is 9.59 Å². The molecule has 0 aromatic rings. The van der Waals surface area contributed by atoms with E-state index in [1.54, 1.807) is 0 Å². The van der Waals surface area contributed by atoms with Crippen molar-refractivity contribution >= 4 is 11.8 Å². The molecule has 1 atom stereocenters. The maximum absolute atomic E-state index is 11.5. The fourth-order valence-electron chi connectivity index (χ4n) is 1.45. The van der Waals surface area contributed by atoms with Crippen molar-refractivity contribution in [3.05, 3.63) is 0 Å². The molecule has 0 rings (SSSR count). The topological polar surface area (TPSA) is 110 Å². The maximum atomic E-state index is 11.5. The van der Waals surface area contributed by atoms with Gasteiger partial charge in [-0.05, 0) is 5.92 Å². The van der Waals surface area contributed by atoms with Gasteiger partial charge in [0.15, 0.2) is 0 Å². The average molecular weight is 244 g/mol. The molecule has 0 bridgehead atoms. The number of carbonyl (C=O) groups is 2. The lowest BCUT2D eigenvalue weighted by molar-refractivity contribution is -0.129. The van der Waals surface area contributed by atoms with Crippen molar-refractivity contribution in [2.24, 2.45) is 23.3 Å². The molecule has 0 aromatic heterocycles. The first-order valence-corrected chi connectivity index (χ1v) is 5.95. The van der Waals surface area contributed by atoms with Gasteiger partial charge in [-0.2, -0.15) is 0 Å². The molecule has 0 spiro atoms. The van der Waals surface area contributed by atoms with Crippen LogP contribution in [0.15, 0.2) is 0 Å². The summed E-state index contributed by atoms with van der Waals surface area (Å²) in [6, 6.07) is 0. The fraction of sp³-hybridized carbons (Fsp3) is 0.818. The van der Waals surface area contributed by atoms with Crippen LogP contribution in [0.3, 0.4) is 0 Å². The molecule has 0 aliphatic rings. The van der Waals surface area contributed by atoms with E-state index in [9.17, 15) is 9.59 Å². The van der Waals surface area contributed by atoms with Crippen LogP contribution in [-0.2, 0) is 9.59 Å². The van der Waals surface area contributed by atoms with Crippen molar-refractivity contribution in [1.82, 2.24) is 10.6 Å². The summed E-state index contributed by atoms with van der Waals surface area (Å²) in [5.74, 6) is -0.880. The summed E-state index contributed by atoms with van der Waals surface area (Å²) in [7, 11) is 0. The van der Waals surface area contributed by atoms with Crippen LogP contribution in [0.25, 0.3) is 0 Å². The van der Waals surface area contributed by atoms with Gasteiger partial charge >= 0.3 is 0 Å². The predicted molar refractivity (Wildman–Crippen MR) is 67.1 cm³/mol. The number of hydrogen-bond donors (Lipinski definition) is 4. The highest BCUT2D eigenvalue weighted by molar-refractivity contribution is 5.84. The maximum Gasteiger partial charge on any atom is 0.221 e. The summed E-state index contributed by atoms with van der Waals surface area (Å²) in [6.07, 6.45) is 0.157. The SMILES string of the molecule is CC(C)C(CC(=O)NCCNCCN)C(N)=O. The van der Waals surface area contributed by atoms with Gasteiger partial charge in [-0.3, -0.25) is 9.59 Å². The Balaban J connectivity index is 3.80. The highest BCUT2D eigenvalue weighted by Gasteiger charge is 2.22. The molecule has 0 heterocycles. The molecule has 17 heavy (non-hydrogen) atoms. The zero-order valence-corrected chi connectivity index (χ0v) is 10.7. The third kappa shape index (κ3) is 7.70. The number of rotatable bonds is 9. The first kappa shape index (κ1) is 15.9. The van der Waals surface area contributed by atoms with Crippen LogP contribution in [0.4, 0.5) is 0 Å². The molecule has 1 unspecified atom stereocenters. The molecular weight excluding hydrogens is 220 g/mol. The summed E-state index contributed by atoms with van der Waals surface area (Å²) in [4.78, 5) is 22.6. The van der Waals surface area contributed by atoms with Crippen molar-refractivity contribution in [2.75, 3.05) is 26.2 Å². The zero-order chi connectivity index (χ0) is 13.3. The number of primary amides is 1. The van der Waals surface area contributed by atoms with Crippen LogP contribution >= 0.6 is 0 Å². The second-order valence-corrected chi connectivity index (χ2v) is 4.35.